The predicted octanol–water partition coefficient (Wildman–Crippen LogP) is 1.88. The Balaban J connectivity index is 2.61. The molecule has 1 rings (SSSR count). The molecule has 0 radical (unpaired) electrons. The molecule has 2 heteroatoms. The van der Waals surface area contributed by atoms with E-state index in [2.05, 4.69) is 38.1 Å². The van der Waals surface area contributed by atoms with Crippen molar-refractivity contribution in [2.45, 2.75) is 13.0 Å². The van der Waals surface area contributed by atoms with Gasteiger partial charge < -0.3 is 10.6 Å². The molecule has 0 aromatic heterocycles. The third kappa shape index (κ3) is 3.13. The molecule has 2 atom stereocenters. The van der Waals surface area contributed by atoms with E-state index in [1.807, 2.05) is 18.2 Å². The summed E-state index contributed by atoms with van der Waals surface area (Å²) in [5, 5.41) is 0. The molecule has 0 saturated carbocycles. The van der Waals surface area contributed by atoms with E-state index in [4.69, 9.17) is 5.73 Å². The standard InChI is InChI=1S/C12H20N2/c1-10(9-14(2)3)12(13)11-7-5-4-6-8-11/h4-8,10,12H,9,13H2,1-3H3/t10-,12+/m0/s1. The van der Waals surface area contributed by atoms with Gasteiger partial charge in [-0.25, -0.2) is 0 Å². The van der Waals surface area contributed by atoms with Gasteiger partial charge in [0.15, 0.2) is 0 Å². The molecule has 2 N–H and O–H groups in total. The summed E-state index contributed by atoms with van der Waals surface area (Å²) in [6.07, 6.45) is 0. The maximum absolute atomic E-state index is 6.16. The van der Waals surface area contributed by atoms with Gasteiger partial charge in [0.25, 0.3) is 0 Å². The topological polar surface area (TPSA) is 29.3 Å². The van der Waals surface area contributed by atoms with E-state index in [0.29, 0.717) is 5.92 Å². The van der Waals surface area contributed by atoms with Gasteiger partial charge in [-0.05, 0) is 25.6 Å². The van der Waals surface area contributed by atoms with Gasteiger partial charge in [-0.2, -0.15) is 0 Å². The Bertz CT molecular complexity index is 256. The normalized spacial score (nSPS) is 15.5. The lowest BCUT2D eigenvalue weighted by molar-refractivity contribution is 0.308. The SMILES string of the molecule is C[C@@H](CN(C)C)[C@@H](N)c1ccccc1. The van der Waals surface area contributed by atoms with Gasteiger partial charge >= 0.3 is 0 Å². The highest BCUT2D eigenvalue weighted by molar-refractivity contribution is 5.19. The van der Waals surface area contributed by atoms with Gasteiger partial charge in [0.2, 0.25) is 0 Å². The van der Waals surface area contributed by atoms with Crippen LogP contribution in [0.2, 0.25) is 0 Å². The Kier molecular flexibility index (Phi) is 4.11. The lowest BCUT2D eigenvalue weighted by atomic mass is 9.95. The number of rotatable bonds is 4. The van der Waals surface area contributed by atoms with Crippen LogP contribution in [0.4, 0.5) is 0 Å². The number of benzene rings is 1. The van der Waals surface area contributed by atoms with E-state index < -0.39 is 0 Å². The maximum Gasteiger partial charge on any atom is 0.0333 e. The third-order valence-corrected chi connectivity index (χ3v) is 2.45. The molecule has 0 heterocycles. The summed E-state index contributed by atoms with van der Waals surface area (Å²) < 4.78 is 0. The molecule has 0 unspecified atom stereocenters. The van der Waals surface area contributed by atoms with Crippen LogP contribution >= 0.6 is 0 Å². The van der Waals surface area contributed by atoms with Crippen molar-refractivity contribution in [3.63, 3.8) is 0 Å². The first-order valence-electron chi connectivity index (χ1n) is 5.06. The van der Waals surface area contributed by atoms with Gasteiger partial charge in [0, 0.05) is 12.6 Å². The summed E-state index contributed by atoms with van der Waals surface area (Å²) in [4.78, 5) is 2.17. The Morgan fingerprint density at radius 2 is 1.79 bits per heavy atom. The fourth-order valence-corrected chi connectivity index (χ4v) is 1.69. The van der Waals surface area contributed by atoms with Crippen LogP contribution in [0.3, 0.4) is 0 Å². The number of hydrogen-bond donors (Lipinski definition) is 1. The smallest absolute Gasteiger partial charge is 0.0333 e. The van der Waals surface area contributed by atoms with Crippen molar-refractivity contribution in [1.82, 2.24) is 4.90 Å². The van der Waals surface area contributed by atoms with Gasteiger partial charge in [-0.1, -0.05) is 37.3 Å². The second kappa shape index (κ2) is 5.13. The molecule has 0 bridgehead atoms. The van der Waals surface area contributed by atoms with E-state index in [9.17, 15) is 0 Å². The highest BCUT2D eigenvalue weighted by Crippen LogP contribution is 2.18. The first-order chi connectivity index (χ1) is 6.61. The molecule has 0 spiro atoms. The van der Waals surface area contributed by atoms with Crippen LogP contribution in [-0.4, -0.2) is 25.5 Å². The zero-order valence-electron chi connectivity index (χ0n) is 9.27. The maximum atomic E-state index is 6.16. The molecule has 0 fully saturated rings. The van der Waals surface area contributed by atoms with Crippen LogP contribution in [0.5, 0.6) is 0 Å². The summed E-state index contributed by atoms with van der Waals surface area (Å²) in [6.45, 7) is 3.22. The Morgan fingerprint density at radius 3 is 2.29 bits per heavy atom. The number of hydrogen-bond acceptors (Lipinski definition) is 2. The van der Waals surface area contributed by atoms with Crippen LogP contribution in [0, 0.1) is 5.92 Å². The summed E-state index contributed by atoms with van der Waals surface area (Å²) in [6, 6.07) is 10.4. The summed E-state index contributed by atoms with van der Waals surface area (Å²) in [5.41, 5.74) is 7.38. The summed E-state index contributed by atoms with van der Waals surface area (Å²) >= 11 is 0. The summed E-state index contributed by atoms with van der Waals surface area (Å²) in [7, 11) is 4.16. The molecule has 1 aromatic carbocycles. The van der Waals surface area contributed by atoms with E-state index in [-0.39, 0.29) is 6.04 Å². The average Bonchev–Trinajstić information content (AvgIpc) is 2.17. The molecule has 14 heavy (non-hydrogen) atoms. The lowest BCUT2D eigenvalue weighted by Crippen LogP contribution is -2.28. The fraction of sp³-hybridized carbons (Fsp3) is 0.500. The molecular weight excluding hydrogens is 172 g/mol. The monoisotopic (exact) mass is 192 g/mol. The zero-order valence-corrected chi connectivity index (χ0v) is 9.27. The first kappa shape index (κ1) is 11.2. The molecule has 0 aliphatic rings. The zero-order chi connectivity index (χ0) is 10.6. The largest absolute Gasteiger partial charge is 0.324 e. The van der Waals surface area contributed by atoms with E-state index in [1.165, 1.54) is 5.56 Å². The Morgan fingerprint density at radius 1 is 1.21 bits per heavy atom. The summed E-state index contributed by atoms with van der Waals surface area (Å²) in [5.74, 6) is 0.479. The minimum atomic E-state index is 0.138. The van der Waals surface area contributed by atoms with Gasteiger partial charge in [-0.3, -0.25) is 0 Å². The Labute approximate surface area is 86.7 Å². The van der Waals surface area contributed by atoms with Gasteiger partial charge in [0.1, 0.15) is 0 Å². The van der Waals surface area contributed by atoms with Crippen molar-refractivity contribution in [1.29, 1.82) is 0 Å². The molecule has 78 valence electrons. The van der Waals surface area contributed by atoms with Crippen molar-refractivity contribution >= 4 is 0 Å². The molecule has 0 aliphatic carbocycles. The van der Waals surface area contributed by atoms with Crippen LogP contribution in [-0.2, 0) is 0 Å². The van der Waals surface area contributed by atoms with Crippen LogP contribution in [0.1, 0.15) is 18.5 Å². The molecular formula is C12H20N2. The van der Waals surface area contributed by atoms with Crippen LogP contribution in [0.25, 0.3) is 0 Å². The van der Waals surface area contributed by atoms with E-state index >= 15 is 0 Å². The molecule has 2 nitrogen and oxygen atoms in total. The van der Waals surface area contributed by atoms with Crippen LogP contribution in [0.15, 0.2) is 30.3 Å². The molecule has 0 amide bonds. The molecule has 0 aliphatic heterocycles. The predicted molar refractivity (Wildman–Crippen MR) is 61.1 cm³/mol. The molecule has 0 saturated heterocycles. The fourth-order valence-electron chi connectivity index (χ4n) is 1.69. The first-order valence-corrected chi connectivity index (χ1v) is 5.06. The third-order valence-electron chi connectivity index (χ3n) is 2.45. The minimum Gasteiger partial charge on any atom is -0.324 e. The van der Waals surface area contributed by atoms with Crippen molar-refractivity contribution in [3.8, 4) is 0 Å². The van der Waals surface area contributed by atoms with E-state index in [1.54, 1.807) is 0 Å². The van der Waals surface area contributed by atoms with Crippen molar-refractivity contribution < 1.29 is 0 Å². The van der Waals surface area contributed by atoms with Gasteiger partial charge in [0.05, 0.1) is 0 Å². The average molecular weight is 192 g/mol. The minimum absolute atomic E-state index is 0.138. The second-order valence-electron chi connectivity index (χ2n) is 4.18. The van der Waals surface area contributed by atoms with E-state index in [0.717, 1.165) is 6.54 Å². The van der Waals surface area contributed by atoms with Crippen molar-refractivity contribution in [3.05, 3.63) is 35.9 Å². The second-order valence-corrected chi connectivity index (χ2v) is 4.18. The van der Waals surface area contributed by atoms with Crippen molar-refractivity contribution in [2.24, 2.45) is 11.7 Å². The molecule has 1 aromatic rings. The number of nitrogens with two attached hydrogens (primary N) is 1. The van der Waals surface area contributed by atoms with Crippen LogP contribution < -0.4 is 5.73 Å². The van der Waals surface area contributed by atoms with Gasteiger partial charge in [-0.15, -0.1) is 0 Å². The highest BCUT2D eigenvalue weighted by atomic mass is 15.1. The van der Waals surface area contributed by atoms with Crippen molar-refractivity contribution in [2.75, 3.05) is 20.6 Å². The number of nitrogens with zero attached hydrogens (tertiary/aromatic N) is 1. The lowest BCUT2D eigenvalue weighted by Gasteiger charge is -2.23. The quantitative estimate of drug-likeness (QED) is 0.789. The highest BCUT2D eigenvalue weighted by Gasteiger charge is 2.14. The Hall–Kier alpha value is -0.860.